The number of hydrogen-bond donors (Lipinski definition) is 2. The van der Waals surface area contributed by atoms with Crippen molar-refractivity contribution in [2.24, 2.45) is 4.99 Å². The zero-order valence-corrected chi connectivity index (χ0v) is 18.0. The van der Waals surface area contributed by atoms with Crippen molar-refractivity contribution >= 4 is 29.9 Å². The van der Waals surface area contributed by atoms with Crippen LogP contribution in [-0.2, 0) is 11.8 Å². The molecule has 0 atom stereocenters. The predicted molar refractivity (Wildman–Crippen MR) is 112 cm³/mol. The third-order valence-electron chi connectivity index (χ3n) is 3.96. The number of guanidine groups is 1. The van der Waals surface area contributed by atoms with E-state index in [1.807, 2.05) is 6.07 Å². The molecule has 6 nitrogen and oxygen atoms in total. The van der Waals surface area contributed by atoms with Crippen LogP contribution in [-0.4, -0.2) is 36.2 Å². The Labute approximate surface area is 171 Å². The topological polar surface area (TPSA) is 75.3 Å². The van der Waals surface area contributed by atoms with E-state index >= 15 is 0 Å². The van der Waals surface area contributed by atoms with Crippen LogP contribution in [0.5, 0.6) is 0 Å². The zero-order chi connectivity index (χ0) is 18.3. The Kier molecular flexibility index (Phi) is 8.97. The molecule has 0 saturated carbocycles. The lowest BCUT2D eigenvalue weighted by Gasteiger charge is -2.26. The molecule has 1 aromatic heterocycles. The second-order valence-electron chi connectivity index (χ2n) is 6.59. The van der Waals surface area contributed by atoms with Crippen LogP contribution in [0.3, 0.4) is 0 Å². The fourth-order valence-electron chi connectivity index (χ4n) is 2.42. The Bertz CT molecular complexity index is 717. The van der Waals surface area contributed by atoms with Crippen molar-refractivity contribution in [2.45, 2.75) is 39.0 Å². The smallest absolute Gasteiger partial charge is 0.226 e. The van der Waals surface area contributed by atoms with Crippen LogP contribution in [0.15, 0.2) is 33.8 Å². The molecule has 0 unspecified atom stereocenters. The predicted octanol–water partition coefficient (Wildman–Crippen LogP) is 3.21. The summed E-state index contributed by atoms with van der Waals surface area (Å²) >= 11 is 0. The number of rotatable bonds is 7. The number of halogens is 2. The molecule has 1 heterocycles. The van der Waals surface area contributed by atoms with Crippen LogP contribution in [0.2, 0.25) is 0 Å². The van der Waals surface area contributed by atoms with Gasteiger partial charge >= 0.3 is 0 Å². The molecular weight excluding hydrogens is 448 g/mol. The minimum Gasteiger partial charge on any atom is -0.356 e. The highest BCUT2D eigenvalue weighted by atomic mass is 127. The molecule has 0 bridgehead atoms. The summed E-state index contributed by atoms with van der Waals surface area (Å²) in [5, 5.41) is 10.3. The first-order valence-electron chi connectivity index (χ1n) is 8.40. The monoisotopic (exact) mass is 475 g/mol. The van der Waals surface area contributed by atoms with E-state index in [2.05, 4.69) is 39.6 Å². The molecule has 0 saturated heterocycles. The summed E-state index contributed by atoms with van der Waals surface area (Å²) in [7, 11) is 1.73. The number of nitrogens with one attached hydrogen (secondary N) is 2. The molecule has 0 fully saturated rings. The molecule has 8 heteroatoms. The van der Waals surface area contributed by atoms with Crippen LogP contribution in [0.1, 0.15) is 37.5 Å². The maximum Gasteiger partial charge on any atom is 0.226 e. The first-order chi connectivity index (χ1) is 11.9. The van der Waals surface area contributed by atoms with Crippen LogP contribution >= 0.6 is 24.0 Å². The lowest BCUT2D eigenvalue weighted by Crippen LogP contribution is -2.43. The van der Waals surface area contributed by atoms with Gasteiger partial charge in [0, 0.05) is 32.0 Å². The Hall–Kier alpha value is -1.71. The van der Waals surface area contributed by atoms with Gasteiger partial charge in [0.15, 0.2) is 11.8 Å². The maximum atomic E-state index is 13.4. The van der Waals surface area contributed by atoms with E-state index in [0.717, 1.165) is 24.9 Å². The largest absolute Gasteiger partial charge is 0.356 e. The summed E-state index contributed by atoms with van der Waals surface area (Å²) < 4.78 is 18.5. The van der Waals surface area contributed by atoms with Gasteiger partial charge in [0.05, 0.1) is 0 Å². The Morgan fingerprint density at radius 1 is 1.31 bits per heavy atom. The highest BCUT2D eigenvalue weighted by Crippen LogP contribution is 2.22. The first kappa shape index (κ1) is 22.3. The van der Waals surface area contributed by atoms with Gasteiger partial charge in [-0.3, -0.25) is 4.99 Å². The number of aromatic nitrogens is 2. The van der Waals surface area contributed by atoms with E-state index in [1.54, 1.807) is 26.1 Å². The highest BCUT2D eigenvalue weighted by molar-refractivity contribution is 14.0. The number of aliphatic imine (C=N–C) groups is 1. The number of benzene rings is 1. The Balaban J connectivity index is 0.00000338. The second kappa shape index (κ2) is 10.4. The van der Waals surface area contributed by atoms with E-state index in [0.29, 0.717) is 24.2 Å². The molecule has 0 radical (unpaired) electrons. The molecule has 1 aromatic carbocycles. The molecule has 26 heavy (non-hydrogen) atoms. The SMILES string of the molecule is CN=C(NCCCc1nc(C)no1)NCC(C)(C)c1cccc(F)c1.I. The van der Waals surface area contributed by atoms with Crippen molar-refractivity contribution in [2.75, 3.05) is 20.1 Å². The molecule has 0 aliphatic carbocycles. The van der Waals surface area contributed by atoms with Crippen molar-refractivity contribution in [3.05, 3.63) is 47.4 Å². The standard InChI is InChI=1S/C18H26FN5O.HI/c1-13-23-16(25-24-13)9-6-10-21-17(20-4)22-12-18(2,3)14-7-5-8-15(19)11-14;/h5,7-8,11H,6,9-10,12H2,1-4H3,(H2,20,21,22);1H. The van der Waals surface area contributed by atoms with E-state index in [4.69, 9.17) is 4.52 Å². The van der Waals surface area contributed by atoms with Gasteiger partial charge in [-0.25, -0.2) is 4.39 Å². The zero-order valence-electron chi connectivity index (χ0n) is 15.7. The molecule has 2 rings (SSSR count). The number of hydrogen-bond acceptors (Lipinski definition) is 4. The Morgan fingerprint density at radius 2 is 2.08 bits per heavy atom. The quantitative estimate of drug-likeness (QED) is 0.279. The van der Waals surface area contributed by atoms with Crippen molar-refractivity contribution < 1.29 is 8.91 Å². The van der Waals surface area contributed by atoms with Crippen molar-refractivity contribution in [1.82, 2.24) is 20.8 Å². The molecule has 0 spiro atoms. The number of aryl methyl sites for hydroxylation is 2. The summed E-state index contributed by atoms with van der Waals surface area (Å²) in [6.45, 7) is 7.32. The van der Waals surface area contributed by atoms with Crippen LogP contribution < -0.4 is 10.6 Å². The van der Waals surface area contributed by atoms with E-state index in [9.17, 15) is 4.39 Å². The van der Waals surface area contributed by atoms with E-state index in [1.165, 1.54) is 6.07 Å². The molecule has 0 aliphatic heterocycles. The summed E-state index contributed by atoms with van der Waals surface area (Å²) in [5.74, 6) is 1.80. The molecule has 2 N–H and O–H groups in total. The first-order valence-corrected chi connectivity index (χ1v) is 8.40. The minimum atomic E-state index is -0.221. The van der Waals surface area contributed by atoms with Crippen molar-refractivity contribution in [1.29, 1.82) is 0 Å². The van der Waals surface area contributed by atoms with Gasteiger partial charge in [-0.1, -0.05) is 31.1 Å². The molecule has 0 aliphatic rings. The summed E-state index contributed by atoms with van der Waals surface area (Å²) in [6, 6.07) is 6.70. The lowest BCUT2D eigenvalue weighted by molar-refractivity contribution is 0.372. The van der Waals surface area contributed by atoms with Crippen LogP contribution in [0.4, 0.5) is 4.39 Å². The number of nitrogens with zero attached hydrogens (tertiary/aromatic N) is 3. The van der Waals surface area contributed by atoms with Crippen molar-refractivity contribution in [3.8, 4) is 0 Å². The van der Waals surface area contributed by atoms with Gasteiger partial charge in [-0.2, -0.15) is 4.98 Å². The van der Waals surface area contributed by atoms with Gasteiger partial charge < -0.3 is 15.2 Å². The lowest BCUT2D eigenvalue weighted by atomic mass is 9.84. The van der Waals surface area contributed by atoms with E-state index < -0.39 is 0 Å². The van der Waals surface area contributed by atoms with Gasteiger partial charge in [-0.15, -0.1) is 24.0 Å². The van der Waals surface area contributed by atoms with Crippen LogP contribution in [0, 0.1) is 12.7 Å². The fraction of sp³-hybridized carbons (Fsp3) is 0.500. The molecular formula is C18H27FIN5O. The maximum absolute atomic E-state index is 13.4. The van der Waals surface area contributed by atoms with Gasteiger partial charge in [0.1, 0.15) is 5.82 Å². The van der Waals surface area contributed by atoms with Crippen LogP contribution in [0.25, 0.3) is 0 Å². The Morgan fingerprint density at radius 3 is 2.69 bits per heavy atom. The average Bonchev–Trinajstić information content (AvgIpc) is 2.99. The van der Waals surface area contributed by atoms with Gasteiger partial charge in [-0.05, 0) is 31.0 Å². The second-order valence-corrected chi connectivity index (χ2v) is 6.59. The fourth-order valence-corrected chi connectivity index (χ4v) is 2.42. The minimum absolute atomic E-state index is 0. The molecule has 2 aromatic rings. The van der Waals surface area contributed by atoms with Gasteiger partial charge in [0.25, 0.3) is 0 Å². The van der Waals surface area contributed by atoms with Gasteiger partial charge in [0.2, 0.25) is 5.89 Å². The summed E-state index contributed by atoms with van der Waals surface area (Å²) in [6.07, 6.45) is 1.58. The third-order valence-corrected chi connectivity index (χ3v) is 3.96. The summed E-state index contributed by atoms with van der Waals surface area (Å²) in [4.78, 5) is 8.39. The molecule has 0 amide bonds. The van der Waals surface area contributed by atoms with Crippen molar-refractivity contribution in [3.63, 3.8) is 0 Å². The average molecular weight is 475 g/mol. The normalized spacial score (nSPS) is 11.8. The molecule has 144 valence electrons. The van der Waals surface area contributed by atoms with E-state index in [-0.39, 0.29) is 35.2 Å². The highest BCUT2D eigenvalue weighted by Gasteiger charge is 2.21. The third kappa shape index (κ3) is 6.89. The summed E-state index contributed by atoms with van der Waals surface area (Å²) in [5.41, 5.74) is 0.725.